The van der Waals surface area contributed by atoms with Gasteiger partial charge in [-0.2, -0.15) is 0 Å². The lowest BCUT2D eigenvalue weighted by atomic mass is 9.55. The van der Waals surface area contributed by atoms with Gasteiger partial charge in [-0.05, 0) is 105 Å². The van der Waals surface area contributed by atoms with E-state index in [1.54, 1.807) is 24.9 Å². The molecule has 3 aliphatic carbocycles. The van der Waals surface area contributed by atoms with Gasteiger partial charge in [-0.1, -0.05) is 30.1 Å². The van der Waals surface area contributed by atoms with E-state index in [2.05, 4.69) is 42.3 Å². The van der Waals surface area contributed by atoms with Crippen molar-refractivity contribution in [2.24, 2.45) is 28.8 Å². The highest BCUT2D eigenvalue weighted by molar-refractivity contribution is 7.98. The van der Waals surface area contributed by atoms with Crippen molar-refractivity contribution in [3.05, 3.63) is 72.3 Å². The topological polar surface area (TPSA) is 110 Å². The number of hydrogen-bond donors (Lipinski definition) is 2. The lowest BCUT2D eigenvalue weighted by Crippen LogP contribution is -2.69. The van der Waals surface area contributed by atoms with E-state index in [-0.39, 0.29) is 55.3 Å². The van der Waals surface area contributed by atoms with Gasteiger partial charge in [-0.25, -0.2) is 0 Å². The predicted molar refractivity (Wildman–Crippen MR) is 196 cm³/mol. The summed E-state index contributed by atoms with van der Waals surface area (Å²) in [4.78, 5) is 22.3. The largest absolute Gasteiger partial charge is 0.459 e. The number of thioether (sulfide) groups is 1. The summed E-state index contributed by atoms with van der Waals surface area (Å²) in [6.45, 7) is 4.51. The van der Waals surface area contributed by atoms with Crippen LogP contribution < -0.4 is 9.47 Å². The molecular formula is C40H52N2O7S. The van der Waals surface area contributed by atoms with E-state index in [0.29, 0.717) is 24.3 Å². The van der Waals surface area contributed by atoms with Crippen LogP contribution in [0.4, 0.5) is 0 Å². The summed E-state index contributed by atoms with van der Waals surface area (Å²) in [6.07, 6.45) is 13.3. The molecule has 2 N–H and O–H groups in total. The Morgan fingerprint density at radius 1 is 1.08 bits per heavy atom. The van der Waals surface area contributed by atoms with Crippen LogP contribution in [-0.4, -0.2) is 78.8 Å². The van der Waals surface area contributed by atoms with Crippen LogP contribution >= 0.6 is 11.8 Å². The minimum atomic E-state index is -1.22. The van der Waals surface area contributed by atoms with E-state index >= 15 is 0 Å². The molecule has 0 bridgehead atoms. The summed E-state index contributed by atoms with van der Waals surface area (Å²) in [7, 11) is 3.44. The summed E-state index contributed by atoms with van der Waals surface area (Å²) in [5, 5.41) is 24.1. The van der Waals surface area contributed by atoms with Crippen LogP contribution in [0.2, 0.25) is 0 Å². The Morgan fingerprint density at radius 3 is 2.46 bits per heavy atom. The number of amides is 1. The molecule has 270 valence electrons. The smallest absolute Gasteiger partial charge is 0.239 e. The number of ether oxygens (including phenoxy) is 3. The maximum absolute atomic E-state index is 13.8. The Kier molecular flexibility index (Phi) is 11.9. The second kappa shape index (κ2) is 16.4. The first-order chi connectivity index (χ1) is 24.4. The summed E-state index contributed by atoms with van der Waals surface area (Å²) in [6, 6.07) is 13.6. The fraction of sp³-hybridized carbons (Fsp3) is 0.550. The molecule has 4 aliphatic rings. The number of oxime groups is 1. The number of hydrogen-bond acceptors (Lipinski definition) is 9. The van der Waals surface area contributed by atoms with Gasteiger partial charge >= 0.3 is 0 Å². The molecular weight excluding hydrogens is 653 g/mol. The zero-order valence-corrected chi connectivity index (χ0v) is 30.4. The lowest BCUT2D eigenvalue weighted by Gasteiger charge is -2.59. The fourth-order valence-corrected chi connectivity index (χ4v) is 8.86. The number of unbranched alkanes of at least 4 members (excludes halogenated alkanes) is 2. The maximum Gasteiger partial charge on any atom is 0.239 e. The molecule has 9 nitrogen and oxygen atoms in total. The number of benzene rings is 2. The molecule has 1 heterocycles. The van der Waals surface area contributed by atoms with Gasteiger partial charge in [0.15, 0.2) is 0 Å². The summed E-state index contributed by atoms with van der Waals surface area (Å²) < 4.78 is 20.5. The molecule has 0 spiro atoms. The predicted octanol–water partition coefficient (Wildman–Crippen LogP) is 7.33. The molecule has 6 rings (SSSR count). The lowest BCUT2D eigenvalue weighted by molar-refractivity contribution is -0.255. The van der Waals surface area contributed by atoms with Crippen LogP contribution in [0.3, 0.4) is 0 Å². The van der Waals surface area contributed by atoms with E-state index in [0.717, 1.165) is 72.4 Å². The van der Waals surface area contributed by atoms with Crippen molar-refractivity contribution in [3.8, 4) is 17.2 Å². The van der Waals surface area contributed by atoms with Crippen molar-refractivity contribution in [3.63, 3.8) is 0 Å². The molecule has 1 aliphatic heterocycles. The normalized spacial score (nSPS) is 27.4. The summed E-state index contributed by atoms with van der Waals surface area (Å²) in [5.41, 5.74) is 2.86. The number of carbonyl (C=O) groups is 1. The molecule has 1 amide bonds. The average molecular weight is 705 g/mol. The van der Waals surface area contributed by atoms with Crippen molar-refractivity contribution < 1.29 is 34.1 Å². The van der Waals surface area contributed by atoms with Crippen molar-refractivity contribution in [2.75, 3.05) is 40.2 Å². The Bertz CT molecular complexity index is 1560. The van der Waals surface area contributed by atoms with Gasteiger partial charge in [0.05, 0.1) is 18.2 Å². The van der Waals surface area contributed by atoms with E-state index in [9.17, 15) is 15.0 Å². The van der Waals surface area contributed by atoms with Gasteiger partial charge in [-0.15, -0.1) is 18.3 Å². The maximum atomic E-state index is 13.8. The first kappa shape index (κ1) is 36.5. The standard InChI is InChI=1S/C40H52N2O7S/c1-5-22-47-40-36(42(2)39(45)26-12-13-26)25-34(41-46-3)32-23-27(10-6-8-20-43)31(11-7-9-21-44)37(38(32)40)33-24-29(16-19-35(33)49-40)48-28-14-17-30(50-4)18-15-28/h5,14-19,23-24,26-27,31,36-38,43-44H,1,6-13,20-22,25H2,2-4H3. The number of fused-ring (bicyclic) bond motifs is 2. The Labute approximate surface area is 300 Å². The zero-order chi connectivity index (χ0) is 35.3. The molecule has 2 aromatic carbocycles. The van der Waals surface area contributed by atoms with Crippen molar-refractivity contribution in [2.45, 2.75) is 80.4 Å². The minimum Gasteiger partial charge on any atom is -0.459 e. The number of likely N-dealkylation sites (N-methyl/N-ethyl adjacent to an activating group) is 1. The number of aliphatic hydroxyl groups is 2. The molecule has 2 fully saturated rings. The third-order valence-corrected chi connectivity index (χ3v) is 11.6. The number of nitrogens with zero attached hydrogens (tertiary/aromatic N) is 2. The van der Waals surface area contributed by atoms with Crippen LogP contribution in [-0.2, 0) is 14.4 Å². The van der Waals surface area contributed by atoms with E-state index < -0.39 is 11.8 Å². The first-order valence-electron chi connectivity index (χ1n) is 18.1. The second-order valence-corrected chi connectivity index (χ2v) is 14.8. The monoisotopic (exact) mass is 704 g/mol. The van der Waals surface area contributed by atoms with Crippen molar-refractivity contribution >= 4 is 23.4 Å². The van der Waals surface area contributed by atoms with Gasteiger partial charge in [0.2, 0.25) is 11.7 Å². The van der Waals surface area contributed by atoms with E-state index in [1.807, 2.05) is 36.2 Å². The summed E-state index contributed by atoms with van der Waals surface area (Å²) >= 11 is 1.69. The van der Waals surface area contributed by atoms with Crippen molar-refractivity contribution in [1.29, 1.82) is 0 Å². The highest BCUT2D eigenvalue weighted by Crippen LogP contribution is 2.62. The quantitative estimate of drug-likeness (QED) is 0.0763. The molecule has 50 heavy (non-hydrogen) atoms. The molecule has 0 radical (unpaired) electrons. The molecule has 0 aromatic heterocycles. The summed E-state index contributed by atoms with van der Waals surface area (Å²) in [5.74, 6) is 1.00. The van der Waals surface area contributed by atoms with Crippen LogP contribution in [0.25, 0.3) is 0 Å². The van der Waals surface area contributed by atoms with E-state index in [1.165, 1.54) is 0 Å². The fourth-order valence-electron chi connectivity index (χ4n) is 8.45. The molecule has 6 unspecified atom stereocenters. The minimum absolute atomic E-state index is 0.0149. The highest BCUT2D eigenvalue weighted by Gasteiger charge is 2.65. The van der Waals surface area contributed by atoms with Gasteiger partial charge in [0.1, 0.15) is 30.4 Å². The van der Waals surface area contributed by atoms with Crippen molar-refractivity contribution in [1.82, 2.24) is 4.90 Å². The van der Waals surface area contributed by atoms with Crippen LogP contribution in [0.5, 0.6) is 17.2 Å². The Morgan fingerprint density at radius 2 is 1.80 bits per heavy atom. The Balaban J connectivity index is 1.53. The average Bonchev–Trinajstić information content (AvgIpc) is 3.98. The molecule has 2 aromatic rings. The van der Waals surface area contributed by atoms with Crippen LogP contribution in [0.15, 0.2) is 76.8 Å². The third-order valence-electron chi connectivity index (χ3n) is 10.9. The zero-order valence-electron chi connectivity index (χ0n) is 29.6. The van der Waals surface area contributed by atoms with E-state index in [4.69, 9.17) is 19.0 Å². The number of aliphatic hydroxyl groups excluding tert-OH is 2. The molecule has 6 atom stereocenters. The number of carbonyl (C=O) groups excluding carboxylic acids is 1. The SMILES string of the molecule is C=CCOC12Oc3ccc(Oc4ccc(SC)cc4)cc3C3C(CCCCO)C(CCCCO)C=C(C(=NOC)CC1N(C)C(=O)C1CC1)C32. The highest BCUT2D eigenvalue weighted by atomic mass is 32.2. The molecule has 0 saturated heterocycles. The first-order valence-corrected chi connectivity index (χ1v) is 19.3. The second-order valence-electron chi connectivity index (χ2n) is 14.0. The number of allylic oxidation sites excluding steroid dienone is 1. The molecule has 10 heteroatoms. The molecule has 2 saturated carbocycles. The third kappa shape index (κ3) is 7.36. The van der Waals surface area contributed by atoms with Gasteiger partial charge in [-0.3, -0.25) is 4.79 Å². The Hall–Kier alpha value is -3.31. The van der Waals surface area contributed by atoms with Gasteiger partial charge in [0, 0.05) is 49.0 Å². The number of rotatable bonds is 17. The van der Waals surface area contributed by atoms with Gasteiger partial charge in [0.25, 0.3) is 0 Å². The van der Waals surface area contributed by atoms with Crippen LogP contribution in [0.1, 0.15) is 69.3 Å². The van der Waals surface area contributed by atoms with Crippen LogP contribution in [0, 0.1) is 23.7 Å². The van der Waals surface area contributed by atoms with Gasteiger partial charge < -0.3 is 34.2 Å².